The molecule has 4 rings (SSSR count). The Labute approximate surface area is 181 Å². The Balaban J connectivity index is 0.00000256. The van der Waals surface area contributed by atoms with Crippen molar-refractivity contribution < 1.29 is 9.50 Å². The molecule has 0 bridgehead atoms. The van der Waals surface area contributed by atoms with E-state index in [9.17, 15) is 5.11 Å². The Morgan fingerprint density at radius 3 is 1.50 bits per heavy atom. The molecule has 3 aromatic carbocycles. The summed E-state index contributed by atoms with van der Waals surface area (Å²) in [5, 5.41) is 11.3. The molecule has 0 saturated carbocycles. The van der Waals surface area contributed by atoms with Crippen LogP contribution >= 0.6 is 9.90 Å². The van der Waals surface area contributed by atoms with Crippen LogP contribution in [0.3, 0.4) is 0 Å². The molecule has 1 atom stereocenters. The SMILES string of the molecule is Cc1ccccc1C1=CC(F)(c2ccccc2C)C=C(c2ccccc2C)C1O.P. The van der Waals surface area contributed by atoms with Crippen molar-refractivity contribution in [1.82, 2.24) is 0 Å². The molecule has 1 nitrogen and oxygen atoms in total. The summed E-state index contributed by atoms with van der Waals surface area (Å²) in [6.07, 6.45) is 2.28. The third-order valence-corrected chi connectivity index (χ3v) is 5.79. The molecule has 0 fully saturated rings. The molecule has 0 heterocycles. The summed E-state index contributed by atoms with van der Waals surface area (Å²) in [6.45, 7) is 5.90. The van der Waals surface area contributed by atoms with Crippen molar-refractivity contribution in [3.05, 3.63) is 118 Å². The van der Waals surface area contributed by atoms with Crippen molar-refractivity contribution >= 4 is 21.0 Å². The number of aliphatic hydroxyl groups excluding tert-OH is 1. The van der Waals surface area contributed by atoms with Gasteiger partial charge in [0.05, 0.1) is 0 Å². The van der Waals surface area contributed by atoms with Crippen LogP contribution in [-0.2, 0) is 5.67 Å². The number of allylic oxidation sites excluding steroid dienone is 2. The van der Waals surface area contributed by atoms with Gasteiger partial charge in [-0.25, -0.2) is 4.39 Å². The van der Waals surface area contributed by atoms with Gasteiger partial charge < -0.3 is 5.11 Å². The second-order valence-electron chi connectivity index (χ2n) is 7.81. The zero-order chi connectivity index (χ0) is 20.6. The maximum atomic E-state index is 16.6. The van der Waals surface area contributed by atoms with Crippen LogP contribution in [0.5, 0.6) is 0 Å². The van der Waals surface area contributed by atoms with Crippen molar-refractivity contribution in [2.75, 3.05) is 0 Å². The fraction of sp³-hybridized carbons (Fsp3) is 0.185. The third-order valence-electron chi connectivity index (χ3n) is 5.79. The molecule has 0 amide bonds. The van der Waals surface area contributed by atoms with Crippen LogP contribution in [0.25, 0.3) is 11.1 Å². The molecule has 1 N–H and O–H groups in total. The molecule has 3 heteroatoms. The lowest BCUT2D eigenvalue weighted by molar-refractivity contribution is 0.263. The molecule has 30 heavy (non-hydrogen) atoms. The first-order valence-corrected chi connectivity index (χ1v) is 9.91. The van der Waals surface area contributed by atoms with Gasteiger partial charge in [-0.2, -0.15) is 9.90 Å². The van der Waals surface area contributed by atoms with Crippen molar-refractivity contribution in [3.63, 3.8) is 0 Å². The van der Waals surface area contributed by atoms with E-state index in [1.54, 1.807) is 12.2 Å². The molecule has 0 saturated heterocycles. The minimum Gasteiger partial charge on any atom is -0.384 e. The summed E-state index contributed by atoms with van der Waals surface area (Å²) in [6, 6.07) is 23.2. The lowest BCUT2D eigenvalue weighted by Gasteiger charge is -2.32. The molecule has 0 aliphatic heterocycles. The first-order valence-electron chi connectivity index (χ1n) is 9.91. The van der Waals surface area contributed by atoms with E-state index >= 15 is 4.39 Å². The summed E-state index contributed by atoms with van der Waals surface area (Å²) < 4.78 is 16.6. The molecule has 154 valence electrons. The van der Waals surface area contributed by atoms with Gasteiger partial charge in [0.2, 0.25) is 0 Å². The van der Waals surface area contributed by atoms with Gasteiger partial charge in [0.25, 0.3) is 0 Å². The Kier molecular flexibility index (Phi) is 6.41. The summed E-state index contributed by atoms with van der Waals surface area (Å²) >= 11 is 0. The number of aryl methyl sites for hydroxylation is 3. The fourth-order valence-electron chi connectivity index (χ4n) is 4.22. The average molecular weight is 418 g/mol. The highest BCUT2D eigenvalue weighted by molar-refractivity contribution is 6.92. The van der Waals surface area contributed by atoms with Crippen LogP contribution < -0.4 is 0 Å². The maximum absolute atomic E-state index is 16.6. The van der Waals surface area contributed by atoms with Gasteiger partial charge in [0.1, 0.15) is 6.10 Å². The number of hydrogen-bond donors (Lipinski definition) is 1. The van der Waals surface area contributed by atoms with Gasteiger partial charge in [0.15, 0.2) is 5.67 Å². The minimum absolute atomic E-state index is 0. The van der Waals surface area contributed by atoms with Crippen LogP contribution in [0.4, 0.5) is 4.39 Å². The number of halogens is 1. The van der Waals surface area contributed by atoms with Crippen LogP contribution in [-0.4, -0.2) is 11.2 Å². The number of aliphatic hydroxyl groups is 1. The zero-order valence-electron chi connectivity index (χ0n) is 17.7. The highest BCUT2D eigenvalue weighted by Gasteiger charge is 2.37. The first kappa shape index (κ1) is 22.2. The number of benzene rings is 3. The summed E-state index contributed by atoms with van der Waals surface area (Å²) in [5.74, 6) is 0. The van der Waals surface area contributed by atoms with Gasteiger partial charge in [-0.1, -0.05) is 72.8 Å². The Bertz CT molecular complexity index is 1070. The predicted molar refractivity (Wildman–Crippen MR) is 129 cm³/mol. The van der Waals surface area contributed by atoms with Crippen LogP contribution in [0.1, 0.15) is 33.4 Å². The van der Waals surface area contributed by atoms with Crippen LogP contribution in [0.15, 0.2) is 84.9 Å². The molecule has 3 aromatic rings. The number of rotatable bonds is 3. The van der Waals surface area contributed by atoms with Crippen molar-refractivity contribution in [2.45, 2.75) is 32.5 Å². The van der Waals surface area contributed by atoms with Crippen LogP contribution in [0, 0.1) is 20.8 Å². The van der Waals surface area contributed by atoms with Gasteiger partial charge in [0, 0.05) is 0 Å². The van der Waals surface area contributed by atoms with Crippen LogP contribution in [0.2, 0.25) is 0 Å². The smallest absolute Gasteiger partial charge is 0.174 e. The molecular formula is C27H28FOP. The van der Waals surface area contributed by atoms with Crippen molar-refractivity contribution in [3.8, 4) is 0 Å². The predicted octanol–water partition coefficient (Wildman–Crippen LogP) is 6.38. The molecule has 0 aromatic heterocycles. The molecule has 0 spiro atoms. The molecule has 0 radical (unpaired) electrons. The summed E-state index contributed by atoms with van der Waals surface area (Å²) in [4.78, 5) is 0. The number of alkyl halides is 1. The van der Waals surface area contributed by atoms with Crippen molar-refractivity contribution in [1.29, 1.82) is 0 Å². The standard InChI is InChI=1S/C27H25FO.H3P/c1-18-10-4-7-13-21(18)23-16-27(28,25-15-9-6-12-20(25)3)17-24(26(23)29)22-14-8-5-11-19(22)2;/h4-17,26,29H,1-3H3;1H3. The largest absolute Gasteiger partial charge is 0.384 e. The molecular weight excluding hydrogens is 390 g/mol. The van der Waals surface area contributed by atoms with E-state index in [4.69, 9.17) is 0 Å². The molecule has 1 unspecified atom stereocenters. The second-order valence-corrected chi connectivity index (χ2v) is 7.81. The van der Waals surface area contributed by atoms with E-state index in [1.165, 1.54) is 0 Å². The summed E-state index contributed by atoms with van der Waals surface area (Å²) in [5.41, 5.74) is 4.65. The highest BCUT2D eigenvalue weighted by atomic mass is 31.0. The van der Waals surface area contributed by atoms with E-state index < -0.39 is 11.8 Å². The van der Waals surface area contributed by atoms with E-state index in [0.29, 0.717) is 16.7 Å². The molecule has 1 aliphatic rings. The monoisotopic (exact) mass is 418 g/mol. The fourth-order valence-corrected chi connectivity index (χ4v) is 4.22. The lowest BCUT2D eigenvalue weighted by Crippen LogP contribution is -2.27. The van der Waals surface area contributed by atoms with Gasteiger partial charge in [-0.15, -0.1) is 0 Å². The first-order chi connectivity index (χ1) is 13.9. The molecule has 1 aliphatic carbocycles. The van der Waals surface area contributed by atoms with E-state index in [2.05, 4.69) is 0 Å². The Morgan fingerprint density at radius 2 is 1.07 bits per heavy atom. The van der Waals surface area contributed by atoms with E-state index in [0.717, 1.165) is 27.8 Å². The minimum atomic E-state index is -1.81. The third kappa shape index (κ3) is 3.90. The average Bonchev–Trinajstić information content (AvgIpc) is 2.71. The van der Waals surface area contributed by atoms with Gasteiger partial charge in [-0.3, -0.25) is 0 Å². The topological polar surface area (TPSA) is 20.2 Å². The van der Waals surface area contributed by atoms with Gasteiger partial charge >= 0.3 is 0 Å². The van der Waals surface area contributed by atoms with E-state index in [-0.39, 0.29) is 9.90 Å². The zero-order valence-corrected chi connectivity index (χ0v) is 19.1. The Hall–Kier alpha value is -2.54. The second kappa shape index (κ2) is 8.68. The van der Waals surface area contributed by atoms with E-state index in [1.807, 2.05) is 93.6 Å². The quantitative estimate of drug-likeness (QED) is 0.490. The van der Waals surface area contributed by atoms with Crippen molar-refractivity contribution in [2.24, 2.45) is 0 Å². The lowest BCUT2D eigenvalue weighted by atomic mass is 9.76. The summed E-state index contributed by atoms with van der Waals surface area (Å²) in [7, 11) is 0. The normalized spacial score (nSPS) is 20.8. The highest BCUT2D eigenvalue weighted by Crippen LogP contribution is 2.45. The Morgan fingerprint density at radius 1 is 0.667 bits per heavy atom. The van der Waals surface area contributed by atoms with Gasteiger partial charge in [-0.05, 0) is 77.5 Å². The maximum Gasteiger partial charge on any atom is 0.174 e. The number of hydrogen-bond acceptors (Lipinski definition) is 1.